The Kier molecular flexibility index (Phi) is 5.93. The van der Waals surface area contributed by atoms with Crippen molar-refractivity contribution in [1.82, 2.24) is 19.3 Å². The van der Waals surface area contributed by atoms with Crippen LogP contribution in [0.4, 0.5) is 4.39 Å². The van der Waals surface area contributed by atoms with Crippen LogP contribution in [-0.2, 0) is 9.84 Å². The van der Waals surface area contributed by atoms with Crippen LogP contribution in [0.1, 0.15) is 5.69 Å². The summed E-state index contributed by atoms with van der Waals surface area (Å²) in [6, 6.07) is 18.1. The molecule has 3 aromatic carbocycles. The number of methoxy groups -OCH3 is 1. The van der Waals surface area contributed by atoms with Crippen molar-refractivity contribution in [2.45, 2.75) is 4.90 Å². The molecule has 2 aromatic heterocycles. The first-order valence-corrected chi connectivity index (χ1v) is 12.9. The van der Waals surface area contributed by atoms with E-state index in [4.69, 9.17) is 4.74 Å². The molecule has 2 heterocycles. The van der Waals surface area contributed by atoms with Gasteiger partial charge in [-0.2, -0.15) is 10.4 Å². The first kappa shape index (κ1) is 24.7. The summed E-state index contributed by atoms with van der Waals surface area (Å²) in [5.41, 5.74) is -1.74. The summed E-state index contributed by atoms with van der Waals surface area (Å²) in [5.74, 6) is -0.384. The summed E-state index contributed by atoms with van der Waals surface area (Å²) in [4.78, 5) is 29.0. The van der Waals surface area contributed by atoms with Gasteiger partial charge in [0.25, 0.3) is 5.56 Å². The molecule has 0 spiro atoms. The molecule has 5 rings (SSSR count). The minimum Gasteiger partial charge on any atom is -0.497 e. The average molecular weight is 532 g/mol. The number of nitrogens with zero attached hydrogens (tertiary/aromatic N) is 4. The van der Waals surface area contributed by atoms with E-state index in [1.807, 2.05) is 6.07 Å². The van der Waals surface area contributed by atoms with Crippen LogP contribution in [-0.4, -0.2) is 41.1 Å². The van der Waals surface area contributed by atoms with Crippen LogP contribution in [0.15, 0.2) is 81.2 Å². The Morgan fingerprint density at radius 3 is 2.39 bits per heavy atom. The molecule has 1 N–H and O–H groups in total. The molecule has 0 saturated carbocycles. The molecule has 0 unspecified atom stereocenters. The van der Waals surface area contributed by atoms with E-state index in [0.29, 0.717) is 16.0 Å². The lowest BCUT2D eigenvalue weighted by atomic mass is 10.0. The van der Waals surface area contributed by atoms with Crippen molar-refractivity contribution >= 4 is 20.9 Å². The third-order valence-corrected chi connectivity index (χ3v) is 7.09. The molecule has 5 aromatic rings. The fourth-order valence-electron chi connectivity index (χ4n) is 4.19. The Balaban J connectivity index is 1.73. The molecule has 0 aliphatic rings. The highest BCUT2D eigenvalue weighted by molar-refractivity contribution is 7.90. The second-order valence-corrected chi connectivity index (χ2v) is 10.3. The average Bonchev–Trinajstić information content (AvgIpc) is 3.27. The molecule has 10 nitrogen and oxygen atoms in total. The minimum absolute atomic E-state index is 0.0102. The van der Waals surface area contributed by atoms with Gasteiger partial charge in [-0.15, -0.1) is 0 Å². The standard InChI is InChI=1S/C26H18FN5O5S/c1-37-17-10-8-16(9-11-17)32-24-23(20(14-28)30-32)29-26(34)31(25(24)33)21-12-7-15(13-19(21)27)18-5-3-4-6-22(18)38(2,35)36/h3-13H,1-2H3,(H,29,34). The maximum Gasteiger partial charge on any atom is 0.333 e. The van der Waals surface area contributed by atoms with Crippen molar-refractivity contribution in [2.24, 2.45) is 0 Å². The van der Waals surface area contributed by atoms with Crippen LogP contribution in [0.2, 0.25) is 0 Å². The normalized spacial score (nSPS) is 11.4. The Bertz CT molecular complexity index is 2000. The number of sulfone groups is 1. The lowest BCUT2D eigenvalue weighted by molar-refractivity contribution is 0.414. The molecule has 12 heteroatoms. The largest absolute Gasteiger partial charge is 0.497 e. The number of hydrogen-bond donors (Lipinski definition) is 1. The number of benzene rings is 3. The number of H-pyrrole nitrogens is 1. The third-order valence-electron chi connectivity index (χ3n) is 5.94. The lowest BCUT2D eigenvalue weighted by Crippen LogP contribution is -2.35. The van der Waals surface area contributed by atoms with Crippen molar-refractivity contribution in [3.8, 4) is 34.3 Å². The Morgan fingerprint density at radius 2 is 1.76 bits per heavy atom. The van der Waals surface area contributed by atoms with Crippen LogP contribution in [0, 0.1) is 17.1 Å². The summed E-state index contributed by atoms with van der Waals surface area (Å²) >= 11 is 0. The SMILES string of the molecule is COc1ccc(-n2nc(C#N)c3[nH]c(=O)n(-c4ccc(-c5ccccc5S(C)(=O)=O)cc4F)c(=O)c32)cc1. The van der Waals surface area contributed by atoms with Gasteiger partial charge in [-0.3, -0.25) is 4.79 Å². The molecule has 0 fully saturated rings. The Labute approximate surface area is 214 Å². The number of aromatic nitrogens is 4. The monoisotopic (exact) mass is 531 g/mol. The van der Waals surface area contributed by atoms with Gasteiger partial charge in [0.1, 0.15) is 23.2 Å². The van der Waals surface area contributed by atoms with Gasteiger partial charge in [0, 0.05) is 11.8 Å². The Morgan fingerprint density at radius 1 is 1.05 bits per heavy atom. The highest BCUT2D eigenvalue weighted by Gasteiger charge is 2.22. The molecule has 0 amide bonds. The van der Waals surface area contributed by atoms with Crippen LogP contribution < -0.4 is 16.0 Å². The van der Waals surface area contributed by atoms with Crippen LogP contribution in [0.3, 0.4) is 0 Å². The highest BCUT2D eigenvalue weighted by atomic mass is 32.2. The number of aromatic amines is 1. The zero-order valence-electron chi connectivity index (χ0n) is 20.0. The zero-order valence-corrected chi connectivity index (χ0v) is 20.8. The second-order valence-electron chi connectivity index (χ2n) is 8.30. The van der Waals surface area contributed by atoms with Gasteiger partial charge in [0.15, 0.2) is 21.0 Å². The zero-order chi connectivity index (χ0) is 27.2. The molecule has 0 saturated heterocycles. The predicted octanol–water partition coefficient (Wildman–Crippen LogP) is 2.95. The van der Waals surface area contributed by atoms with Crippen molar-refractivity contribution < 1.29 is 17.5 Å². The summed E-state index contributed by atoms with van der Waals surface area (Å²) in [5, 5.41) is 13.7. The number of nitriles is 1. The van der Waals surface area contributed by atoms with E-state index in [1.165, 1.54) is 36.1 Å². The minimum atomic E-state index is -3.61. The number of halogens is 1. The number of hydrogen-bond acceptors (Lipinski definition) is 7. The van der Waals surface area contributed by atoms with Crippen molar-refractivity contribution in [3.63, 3.8) is 0 Å². The van der Waals surface area contributed by atoms with E-state index in [1.54, 1.807) is 36.4 Å². The van der Waals surface area contributed by atoms with Gasteiger partial charge < -0.3 is 9.72 Å². The maximum atomic E-state index is 15.4. The van der Waals surface area contributed by atoms with E-state index >= 15 is 4.39 Å². The van der Waals surface area contributed by atoms with E-state index in [2.05, 4.69) is 10.1 Å². The van der Waals surface area contributed by atoms with Crippen LogP contribution in [0.5, 0.6) is 5.75 Å². The number of rotatable bonds is 5. The van der Waals surface area contributed by atoms with E-state index < -0.39 is 26.9 Å². The molecular weight excluding hydrogens is 513 g/mol. The molecule has 0 bridgehead atoms. The van der Waals surface area contributed by atoms with E-state index in [0.717, 1.165) is 12.3 Å². The maximum absolute atomic E-state index is 15.4. The van der Waals surface area contributed by atoms with Crippen LogP contribution in [0.25, 0.3) is 33.5 Å². The van der Waals surface area contributed by atoms with Gasteiger partial charge in [0.2, 0.25) is 0 Å². The molecule has 190 valence electrons. The fraction of sp³-hybridized carbons (Fsp3) is 0.0769. The van der Waals surface area contributed by atoms with Crippen LogP contribution >= 0.6 is 0 Å². The quantitative estimate of drug-likeness (QED) is 0.368. The fourth-order valence-corrected chi connectivity index (χ4v) is 5.10. The molecule has 38 heavy (non-hydrogen) atoms. The van der Waals surface area contributed by atoms with Crippen molar-refractivity contribution in [2.75, 3.05) is 13.4 Å². The molecule has 0 atom stereocenters. The molecule has 0 aliphatic carbocycles. The lowest BCUT2D eigenvalue weighted by Gasteiger charge is -2.11. The number of nitrogens with one attached hydrogen (secondary N) is 1. The highest BCUT2D eigenvalue weighted by Crippen LogP contribution is 2.29. The number of fused-ring (bicyclic) bond motifs is 1. The molecule has 0 aliphatic heterocycles. The second kappa shape index (κ2) is 9.13. The smallest absolute Gasteiger partial charge is 0.333 e. The van der Waals surface area contributed by atoms with Gasteiger partial charge in [-0.05, 0) is 48.0 Å². The summed E-state index contributed by atoms with van der Waals surface area (Å²) in [7, 11) is -2.11. The molecule has 0 radical (unpaired) electrons. The number of ether oxygens (including phenoxy) is 1. The van der Waals surface area contributed by atoms with E-state index in [-0.39, 0.29) is 38.4 Å². The van der Waals surface area contributed by atoms with Gasteiger partial charge in [-0.1, -0.05) is 24.3 Å². The summed E-state index contributed by atoms with van der Waals surface area (Å²) in [6.07, 6.45) is 1.05. The first-order chi connectivity index (χ1) is 18.1. The van der Waals surface area contributed by atoms with Gasteiger partial charge in [0.05, 0.1) is 23.4 Å². The van der Waals surface area contributed by atoms with E-state index in [9.17, 15) is 23.3 Å². The molecular formula is C26H18FN5O5S. The summed E-state index contributed by atoms with van der Waals surface area (Å²) in [6.45, 7) is 0. The van der Waals surface area contributed by atoms with Crippen molar-refractivity contribution in [1.29, 1.82) is 5.26 Å². The van der Waals surface area contributed by atoms with Crippen molar-refractivity contribution in [3.05, 3.63) is 99.1 Å². The topological polar surface area (TPSA) is 140 Å². The third kappa shape index (κ3) is 4.04. The Hall–Kier alpha value is -5.02. The summed E-state index contributed by atoms with van der Waals surface area (Å²) < 4.78 is 46.8. The predicted molar refractivity (Wildman–Crippen MR) is 137 cm³/mol. The first-order valence-electron chi connectivity index (χ1n) is 11.1. The van der Waals surface area contributed by atoms with Gasteiger partial charge in [-0.25, -0.2) is 26.9 Å². The van der Waals surface area contributed by atoms with Gasteiger partial charge >= 0.3 is 5.69 Å².